The zero-order valence-corrected chi connectivity index (χ0v) is 240. The first-order valence-corrected chi connectivity index (χ1v) is 4.41. The van der Waals surface area contributed by atoms with Gasteiger partial charge in [0.15, 0.2) is 0 Å². The molecule has 0 aliphatic carbocycles. The van der Waals surface area contributed by atoms with Crippen LogP contribution in [0.4, 0.5) is 11.4 Å². The maximum absolute atomic E-state index is 3.95. The summed E-state index contributed by atoms with van der Waals surface area (Å²) in [6, 6.07) is 14.8. The Morgan fingerprint density at radius 1 is 0.207 bits per heavy atom. The molecule has 0 saturated carbocycles. The van der Waals surface area contributed by atoms with Crippen LogP contribution in [0, 0.1) is 12.3 Å². The van der Waals surface area contributed by atoms with Crippen molar-refractivity contribution in [2.45, 2.75) is 0 Å². The summed E-state index contributed by atoms with van der Waals surface area (Å²) in [6.45, 7) is 0. The Balaban J connectivity index is -0.000000000509. The van der Waals surface area contributed by atoms with Gasteiger partial charge in [-0.1, -0.05) is 23.8 Å². The number of pyridine rings is 1. The molecule has 1 aromatic carbocycles. The fourth-order valence-electron chi connectivity index (χ4n) is 1.23. The summed E-state index contributed by atoms with van der Waals surface area (Å²) in [6.07, 6.45) is 4.64. The number of aromatic nitrogens is 1. The Hall–Kier alpha value is 73.2. The largest absolute Gasteiger partial charge is 0.392 e. The molecule has 0 N–H and O–H groups in total. The van der Waals surface area contributed by atoms with Crippen molar-refractivity contribution in [3.63, 3.8) is 0 Å². The molecule has 0 amide bonds. The van der Waals surface area contributed by atoms with E-state index in [0.29, 0.717) is 0 Å². The van der Waals surface area contributed by atoms with Gasteiger partial charge in [-0.2, -0.15) is 30.3 Å². The molecule has 70 heteroatoms. The van der Waals surface area contributed by atoms with Gasteiger partial charge in [0.1, 0.15) is 0 Å². The van der Waals surface area contributed by atoms with E-state index in [0.717, 1.165) is 11.4 Å². The van der Waals surface area contributed by atoms with E-state index in [1.54, 1.807) is 6.20 Å². The van der Waals surface area contributed by atoms with Crippen molar-refractivity contribution >= 4 is 11.4 Å². The quantitative estimate of drug-likeness (QED) is 0.430. The number of para-hydroxylation sites is 1. The Morgan fingerprint density at radius 3 is 0.463 bits per heavy atom. The van der Waals surface area contributed by atoms with Gasteiger partial charge in [-0.3, -0.25) is 0 Å². The Morgan fingerprint density at radius 2 is 0.354 bits per heavy atom. The molecule has 2 rings (SSSR count). The summed E-state index contributed by atoms with van der Waals surface area (Å²) in [5.74, 6) is 0. The first-order chi connectivity index (χ1) is 6.88. The van der Waals surface area contributed by atoms with Crippen molar-refractivity contribution in [1.29, 1.82) is 0 Å². The van der Waals surface area contributed by atoms with Crippen molar-refractivity contribution in [2.24, 2.45) is 0 Å². The molecule has 82 heavy (non-hydrogen) atoms. The summed E-state index contributed by atoms with van der Waals surface area (Å²) < 4.78 is 0. The summed E-state index contributed by atoms with van der Waals surface area (Å²) in [7, 11) is 1.97. The Kier molecular flexibility index (Phi) is 2460. The topological polar surface area (TPSA) is 16.1 Å². The molecular formula is C12H10N2Y68-2. The SMILES string of the molecule is CN(c1[c-]cccc1)c1[c-]nccc1.[Y].[Y].[Y].[Y].[Y].[Y].[Y].[Y].[Y].[Y].[Y].[Y].[Y].[Y].[Y].[Y].[Y].[Y].[Y].[Y].[Y].[Y].[Y].[Y].[Y].[Y].[Y].[Y].[Y].[Y].[Y].[Y].[Y].[Y].[Y].[Y].[Y].[Y].[Y].[Y].[Y].[Y].[Y].[Y].[Y].[Y].[Y].[Y].[Y].[Y].[Y].[Y].[Y].[Y].[Y].[Y].[Y].[Y].[Y].[Y].[Y].[Y].[Y].[Y].[Y].[Y].[Y].[Y]. The third-order valence-corrected chi connectivity index (χ3v) is 2.01. The molecule has 0 atom stereocenters. The molecular weight excluding hydrogens is 6220 g/mol. The predicted molar refractivity (Wildman–Crippen MR) is 56.4 cm³/mol. The summed E-state index contributed by atoms with van der Waals surface area (Å²) in [5.41, 5.74) is 1.95. The standard InChI is InChI=1S/C12H10N2.68Y/c1-14(11-6-3-2-4-7-11)12-8-5-9-13-10-12;;;;;;;;;;;;;;;;;;;;;;;;;;;;;;;;;;;;;;;;;;;;;;;;;;;;;;;;;;;;;;;;;;;;/h2-6,8-9H,1H3;;;;;;;;;;;;;;;;;;;;;;;;;;;;;;;;;;;;;;;;;;;;;;;;;;;;;;;;;;;;;;;;;;;;/q-2;;;;;;;;;;;;;;;;;;;;;;;;;;;;;;;;;;;;;;;;;;;;;;;;;;;;;;;;;;;;;;;;;;;;. The minimum absolute atomic E-state index is 0. The van der Waals surface area contributed by atoms with E-state index >= 15 is 0 Å². The molecule has 0 aliphatic heterocycles. The number of hydrogen-bond acceptors (Lipinski definition) is 2. The van der Waals surface area contributed by atoms with Crippen molar-refractivity contribution in [1.82, 2.24) is 4.98 Å². The van der Waals surface area contributed by atoms with Crippen LogP contribution in [-0.4, -0.2) is 12.0 Å². The second-order valence-electron chi connectivity index (χ2n) is 2.94. The minimum atomic E-state index is 0. The van der Waals surface area contributed by atoms with Gasteiger partial charge in [0.2, 0.25) is 0 Å². The van der Waals surface area contributed by atoms with Crippen LogP contribution < -0.4 is 4.90 Å². The van der Waals surface area contributed by atoms with E-state index in [9.17, 15) is 0 Å². The van der Waals surface area contributed by atoms with E-state index in [2.05, 4.69) is 17.2 Å². The molecule has 0 spiro atoms. The second-order valence-corrected chi connectivity index (χ2v) is 2.94. The van der Waals surface area contributed by atoms with Crippen molar-refractivity contribution in [3.05, 3.63) is 54.9 Å². The molecule has 0 bridgehead atoms. The molecule has 0 aliphatic rings. The first-order valence-electron chi connectivity index (χ1n) is 4.41. The van der Waals surface area contributed by atoms with Crippen LogP contribution in [0.15, 0.2) is 42.6 Å². The summed E-state index contributed by atoms with van der Waals surface area (Å²) in [5, 5.41) is 0. The normalized spacial score (nSPS) is 1.67. The van der Waals surface area contributed by atoms with Crippen LogP contribution in [0.2, 0.25) is 0 Å². The molecule has 1 heterocycles. The van der Waals surface area contributed by atoms with Crippen molar-refractivity contribution < 1.29 is 2220 Å². The third kappa shape index (κ3) is 376. The first kappa shape index (κ1) is 474. The van der Waals surface area contributed by atoms with Gasteiger partial charge in [0.25, 0.3) is 0 Å². The van der Waals surface area contributed by atoms with Gasteiger partial charge in [-0.15, -0.1) is 12.1 Å². The minimum Gasteiger partial charge on any atom is -0.392 e. The second kappa shape index (κ2) is 426. The zero-order valence-electron chi connectivity index (χ0n) is 47.2. The predicted octanol–water partition coefficient (Wildman–Crippen LogP) is 2.28. The summed E-state index contributed by atoms with van der Waals surface area (Å²) >= 11 is 0. The van der Waals surface area contributed by atoms with E-state index in [-0.39, 0.29) is 2220 Å². The number of nitrogens with zero attached hydrogens (tertiary/aromatic N) is 2. The molecule has 2 nitrogen and oxygen atoms in total. The van der Waals surface area contributed by atoms with Gasteiger partial charge in [-0.05, 0) is 0 Å². The van der Waals surface area contributed by atoms with Gasteiger partial charge in [0, 0.05) is 2230 Å². The molecule has 0 saturated heterocycles. The zero-order chi connectivity index (χ0) is 9.80. The third-order valence-electron chi connectivity index (χ3n) is 2.01. The Bertz CT molecular complexity index is 398. The van der Waals surface area contributed by atoms with Crippen molar-refractivity contribution in [3.8, 4) is 0 Å². The molecule has 274 valence electrons. The Labute approximate surface area is 2220 Å². The fraction of sp³-hybridized carbons (Fsp3) is 0.0833. The van der Waals surface area contributed by atoms with Gasteiger partial charge in [0.05, 0.1) is 0 Å². The average Bonchev–Trinajstić information content (AvgIpc) is 2.30. The van der Waals surface area contributed by atoms with Gasteiger partial charge in [-0.25, -0.2) is 0 Å². The molecule has 68 radical (unpaired) electrons. The van der Waals surface area contributed by atoms with Crippen LogP contribution in [-0.2, 0) is 2220 Å². The van der Waals surface area contributed by atoms with Crippen LogP contribution in [0.1, 0.15) is 0 Å². The number of anilines is 2. The fourth-order valence-corrected chi connectivity index (χ4v) is 1.23. The monoisotopic (exact) mass is 6230 g/mol. The van der Waals surface area contributed by atoms with Crippen LogP contribution in [0.3, 0.4) is 0 Å². The maximum atomic E-state index is 3.95. The van der Waals surface area contributed by atoms with Gasteiger partial charge < -0.3 is 9.88 Å². The number of rotatable bonds is 2. The van der Waals surface area contributed by atoms with E-state index in [4.69, 9.17) is 0 Å². The molecule has 0 unspecified atom stereocenters. The van der Waals surface area contributed by atoms with E-state index in [1.807, 2.05) is 48.3 Å². The van der Waals surface area contributed by atoms with Crippen LogP contribution in [0.5, 0.6) is 0 Å². The molecule has 0 fully saturated rings. The van der Waals surface area contributed by atoms with E-state index < -0.39 is 0 Å². The number of hydrogen-bond donors (Lipinski definition) is 0. The van der Waals surface area contributed by atoms with Gasteiger partial charge >= 0.3 is 0 Å². The van der Waals surface area contributed by atoms with Crippen LogP contribution >= 0.6 is 0 Å². The van der Waals surface area contributed by atoms with Crippen LogP contribution in [0.25, 0.3) is 0 Å². The molecule has 2 aromatic rings. The average molecular weight is 6230 g/mol. The maximum Gasteiger partial charge on any atom is 0.00730 e. The summed E-state index contributed by atoms with van der Waals surface area (Å²) in [4.78, 5) is 5.94. The number of benzene rings is 1. The molecule has 1 aromatic heterocycles. The smallest absolute Gasteiger partial charge is 0.00730 e. The van der Waals surface area contributed by atoms with E-state index in [1.165, 1.54) is 0 Å². The van der Waals surface area contributed by atoms with Crippen molar-refractivity contribution in [2.75, 3.05) is 11.9 Å².